The van der Waals surface area contributed by atoms with Gasteiger partial charge in [0.2, 0.25) is 5.78 Å². The molecule has 0 saturated heterocycles. The first kappa shape index (κ1) is 21.1. The fourth-order valence-electron chi connectivity index (χ4n) is 3.67. The van der Waals surface area contributed by atoms with Gasteiger partial charge in [0.25, 0.3) is 0 Å². The van der Waals surface area contributed by atoms with Crippen LogP contribution >= 0.6 is 0 Å². The molecule has 0 fully saturated rings. The molecule has 3 aromatic carbocycles. The van der Waals surface area contributed by atoms with E-state index >= 15 is 0 Å². The van der Waals surface area contributed by atoms with Crippen molar-refractivity contribution in [1.82, 2.24) is 0 Å². The summed E-state index contributed by atoms with van der Waals surface area (Å²) in [5.41, 5.74) is -0.273. The van der Waals surface area contributed by atoms with Crippen LogP contribution in [-0.2, 0) is 24.7 Å². The molecule has 1 aliphatic heterocycles. The molecule has 8 nitrogen and oxygen atoms in total. The zero-order valence-corrected chi connectivity index (χ0v) is 17.7. The van der Waals surface area contributed by atoms with E-state index in [1.807, 2.05) is 12.1 Å². The maximum Gasteiger partial charge on any atom is 0.301 e. The van der Waals surface area contributed by atoms with Crippen molar-refractivity contribution in [2.75, 3.05) is 5.75 Å². The third kappa shape index (κ3) is 3.39. The number of fused-ring (bicyclic) bond motifs is 4. The first-order valence-electron chi connectivity index (χ1n) is 9.17. The number of benzene rings is 3. The second-order valence-electron chi connectivity index (χ2n) is 7.04. The van der Waals surface area contributed by atoms with Crippen molar-refractivity contribution in [3.63, 3.8) is 0 Å². The van der Waals surface area contributed by atoms with Gasteiger partial charge >= 0.3 is 10.1 Å². The molecule has 0 unspecified atom stereocenters. The normalized spacial score (nSPS) is 14.5. The van der Waals surface area contributed by atoms with Gasteiger partial charge in [0.15, 0.2) is 19.8 Å². The van der Waals surface area contributed by atoms with Gasteiger partial charge in [0.1, 0.15) is 5.94 Å². The Balaban J connectivity index is 2.26. The minimum absolute atomic E-state index is 0.123. The summed E-state index contributed by atoms with van der Waals surface area (Å²) in [6.45, 7) is 1.55. The summed E-state index contributed by atoms with van der Waals surface area (Å²) in [7, 11) is -9.57. The Morgan fingerprint density at radius 3 is 2.23 bits per heavy atom. The SMILES string of the molecule is CCCS(=O)(=O)C1=C(S(=O)(=O)O)C(=O)c2c(c(=C=O)cc3cc4ccccc4cc23)=N1. The Morgan fingerprint density at radius 1 is 1.00 bits per heavy atom. The molecule has 1 N–H and O–H groups in total. The van der Waals surface area contributed by atoms with Gasteiger partial charge in [-0.2, -0.15) is 8.42 Å². The molecule has 0 saturated carbocycles. The standard InChI is InChI=1S/C21H15NO7S2/c1-2-7-30(25,26)21-20(31(27,28)29)19(24)17-16-10-13-6-4-3-5-12(13)8-14(16)9-15(11-23)18(17)22-21/h3-6,8-10H,2,7H2,1H3,(H,27,28,29). The van der Waals surface area contributed by atoms with Crippen LogP contribution in [0.5, 0.6) is 0 Å². The van der Waals surface area contributed by atoms with Crippen molar-refractivity contribution in [1.29, 1.82) is 0 Å². The molecule has 31 heavy (non-hydrogen) atoms. The number of sulfone groups is 1. The van der Waals surface area contributed by atoms with Crippen molar-refractivity contribution >= 4 is 53.2 Å². The van der Waals surface area contributed by atoms with Gasteiger partial charge in [0.05, 0.1) is 21.9 Å². The number of rotatable bonds is 4. The van der Waals surface area contributed by atoms with Crippen LogP contribution in [0, 0.1) is 0 Å². The molecule has 0 aliphatic carbocycles. The van der Waals surface area contributed by atoms with Crippen LogP contribution in [0.2, 0.25) is 0 Å². The Kier molecular flexibility index (Phi) is 4.90. The van der Waals surface area contributed by atoms with Crippen LogP contribution < -0.4 is 10.6 Å². The highest BCUT2D eigenvalue weighted by Gasteiger charge is 2.38. The average Bonchev–Trinajstić information content (AvgIpc) is 2.70. The quantitative estimate of drug-likeness (QED) is 0.459. The molecule has 1 heterocycles. The molecule has 3 aromatic rings. The summed E-state index contributed by atoms with van der Waals surface area (Å²) < 4.78 is 59.1. The van der Waals surface area contributed by atoms with Crippen LogP contribution in [0.1, 0.15) is 23.7 Å². The first-order chi connectivity index (χ1) is 14.6. The van der Waals surface area contributed by atoms with Crippen LogP contribution in [0.4, 0.5) is 0 Å². The zero-order chi connectivity index (χ0) is 22.6. The van der Waals surface area contributed by atoms with E-state index in [4.69, 9.17) is 0 Å². The second-order valence-corrected chi connectivity index (χ2v) is 10.4. The lowest BCUT2D eigenvalue weighted by Gasteiger charge is -2.16. The van der Waals surface area contributed by atoms with Crippen LogP contribution in [0.15, 0.2) is 57.4 Å². The highest BCUT2D eigenvalue weighted by molar-refractivity contribution is 7.97. The number of ketones is 1. The fourth-order valence-corrected chi connectivity index (χ4v) is 6.31. The molecule has 0 bridgehead atoms. The predicted molar refractivity (Wildman–Crippen MR) is 114 cm³/mol. The number of allylic oxidation sites excluding steroid dienone is 1. The summed E-state index contributed by atoms with van der Waals surface area (Å²) in [6.07, 6.45) is 0.123. The van der Waals surface area contributed by atoms with E-state index < -0.39 is 41.4 Å². The highest BCUT2D eigenvalue weighted by atomic mass is 32.2. The molecule has 10 heteroatoms. The first-order valence-corrected chi connectivity index (χ1v) is 12.3. The minimum Gasteiger partial charge on any atom is -0.287 e. The maximum absolute atomic E-state index is 13.3. The van der Waals surface area contributed by atoms with Crippen molar-refractivity contribution in [2.45, 2.75) is 13.3 Å². The monoisotopic (exact) mass is 457 g/mol. The number of hydrogen-bond donors (Lipinski definition) is 1. The molecule has 1 aliphatic rings. The molecule has 0 amide bonds. The van der Waals surface area contributed by atoms with Crippen LogP contribution in [0.3, 0.4) is 0 Å². The molecule has 158 valence electrons. The van der Waals surface area contributed by atoms with Crippen molar-refractivity contribution < 1.29 is 31.0 Å². The van der Waals surface area contributed by atoms with E-state index in [1.54, 1.807) is 37.1 Å². The fraction of sp³-hybridized carbons (Fsp3) is 0.143. The van der Waals surface area contributed by atoms with Gasteiger partial charge in [0, 0.05) is 0 Å². The van der Waals surface area contributed by atoms with E-state index in [-0.39, 0.29) is 27.9 Å². The number of carbonyl (C=O) groups excluding carboxylic acids is 2. The van der Waals surface area contributed by atoms with E-state index in [0.29, 0.717) is 5.39 Å². The number of nitrogens with zero attached hydrogens (tertiary/aromatic N) is 1. The number of carbonyl (C=O) groups is 1. The van der Waals surface area contributed by atoms with Crippen molar-refractivity contribution in [3.05, 3.63) is 68.5 Å². The van der Waals surface area contributed by atoms with Gasteiger partial charge < -0.3 is 0 Å². The maximum atomic E-state index is 13.3. The van der Waals surface area contributed by atoms with Crippen molar-refractivity contribution in [2.24, 2.45) is 4.99 Å². The second kappa shape index (κ2) is 7.21. The Bertz CT molecular complexity index is 1700. The average molecular weight is 457 g/mol. The predicted octanol–water partition coefficient (Wildman–Crippen LogP) is 1.19. The van der Waals surface area contributed by atoms with Gasteiger partial charge in [-0.15, -0.1) is 0 Å². The third-order valence-corrected chi connectivity index (χ3v) is 7.81. The topological polar surface area (TPSA) is 135 Å². The summed E-state index contributed by atoms with van der Waals surface area (Å²) in [5, 5.41) is 0.711. The Hall–Kier alpha value is -3.17. The summed E-state index contributed by atoms with van der Waals surface area (Å²) >= 11 is 0. The zero-order valence-electron chi connectivity index (χ0n) is 16.1. The smallest absolute Gasteiger partial charge is 0.287 e. The number of hydrogen-bond acceptors (Lipinski definition) is 7. The third-order valence-electron chi connectivity index (χ3n) is 4.96. The van der Waals surface area contributed by atoms with Gasteiger partial charge in [-0.25, -0.2) is 18.2 Å². The highest BCUT2D eigenvalue weighted by Crippen LogP contribution is 2.30. The Morgan fingerprint density at radius 2 is 1.65 bits per heavy atom. The van der Waals surface area contributed by atoms with E-state index in [2.05, 4.69) is 4.99 Å². The molecular formula is C21H15NO7S2. The largest absolute Gasteiger partial charge is 0.301 e. The van der Waals surface area contributed by atoms with Crippen LogP contribution in [-0.4, -0.2) is 38.9 Å². The number of Topliss-reactive ketones (excluding diaryl/α,β-unsaturated/α-hetero) is 1. The Labute approximate surface area is 176 Å². The lowest BCUT2D eigenvalue weighted by molar-refractivity contribution is 0.103. The minimum atomic E-state index is -5.24. The lowest BCUT2D eigenvalue weighted by atomic mass is 9.95. The summed E-state index contributed by atoms with van der Waals surface area (Å²) in [5.74, 6) is -0.0826. The lowest BCUT2D eigenvalue weighted by Crippen LogP contribution is -2.38. The van der Waals surface area contributed by atoms with Gasteiger partial charge in [-0.1, -0.05) is 31.2 Å². The molecule has 0 atom stereocenters. The summed E-state index contributed by atoms with van der Waals surface area (Å²) in [6, 6.07) is 11.9. The van der Waals surface area contributed by atoms with Crippen molar-refractivity contribution in [3.8, 4) is 0 Å². The molecule has 0 radical (unpaired) electrons. The summed E-state index contributed by atoms with van der Waals surface area (Å²) in [4.78, 5) is 27.5. The van der Waals surface area contributed by atoms with Crippen LogP contribution in [0.25, 0.3) is 21.5 Å². The van der Waals surface area contributed by atoms with E-state index in [9.17, 15) is 31.0 Å². The molecular weight excluding hydrogens is 442 g/mol. The molecule has 0 spiro atoms. The van der Waals surface area contributed by atoms with Gasteiger partial charge in [-0.05, 0) is 46.2 Å². The van der Waals surface area contributed by atoms with Gasteiger partial charge in [-0.3, -0.25) is 9.35 Å². The van der Waals surface area contributed by atoms with E-state index in [1.165, 1.54) is 6.07 Å². The molecule has 4 rings (SSSR count). The van der Waals surface area contributed by atoms with E-state index in [0.717, 1.165) is 10.8 Å². The molecule has 0 aromatic heterocycles.